The van der Waals surface area contributed by atoms with Crippen LogP contribution in [0.3, 0.4) is 0 Å². The number of amides is 1. The van der Waals surface area contributed by atoms with Crippen LogP contribution in [0.5, 0.6) is 0 Å². The van der Waals surface area contributed by atoms with Crippen LogP contribution >= 0.6 is 0 Å². The highest BCUT2D eigenvalue weighted by Crippen LogP contribution is 2.09. The van der Waals surface area contributed by atoms with Crippen molar-refractivity contribution >= 4 is 5.91 Å². The van der Waals surface area contributed by atoms with E-state index in [0.29, 0.717) is 13.0 Å². The van der Waals surface area contributed by atoms with Gasteiger partial charge in [0.15, 0.2) is 0 Å². The largest absolute Gasteiger partial charge is 0.352 e. The Kier molecular flexibility index (Phi) is 6.81. The van der Waals surface area contributed by atoms with Crippen LogP contribution in [-0.2, 0) is 17.9 Å². The van der Waals surface area contributed by atoms with E-state index in [1.165, 1.54) is 11.1 Å². The SMILES string of the molecule is Cc1ccc(CNC(=O)CCN2CCN(Cc3ccccc3)CC2)cc1. The monoisotopic (exact) mass is 351 g/mol. The molecule has 0 unspecified atom stereocenters. The lowest BCUT2D eigenvalue weighted by Crippen LogP contribution is -2.46. The van der Waals surface area contributed by atoms with Crippen molar-refractivity contribution in [2.45, 2.75) is 26.4 Å². The number of hydrogen-bond acceptors (Lipinski definition) is 3. The van der Waals surface area contributed by atoms with E-state index in [0.717, 1.165) is 44.8 Å². The number of nitrogens with zero attached hydrogens (tertiary/aromatic N) is 2. The minimum Gasteiger partial charge on any atom is -0.352 e. The van der Waals surface area contributed by atoms with Crippen molar-refractivity contribution in [3.8, 4) is 0 Å². The molecule has 0 spiro atoms. The fourth-order valence-corrected chi connectivity index (χ4v) is 3.27. The van der Waals surface area contributed by atoms with Crippen molar-refractivity contribution < 1.29 is 4.79 Å². The summed E-state index contributed by atoms with van der Waals surface area (Å²) in [4.78, 5) is 17.0. The normalized spacial score (nSPS) is 15.7. The lowest BCUT2D eigenvalue weighted by molar-refractivity contribution is -0.121. The zero-order valence-corrected chi connectivity index (χ0v) is 15.7. The first kappa shape index (κ1) is 18.6. The Labute approximate surface area is 156 Å². The van der Waals surface area contributed by atoms with Crippen molar-refractivity contribution in [2.75, 3.05) is 32.7 Å². The van der Waals surface area contributed by atoms with Crippen molar-refractivity contribution in [3.63, 3.8) is 0 Å². The van der Waals surface area contributed by atoms with Crippen LogP contribution in [0.4, 0.5) is 0 Å². The van der Waals surface area contributed by atoms with Gasteiger partial charge in [-0.25, -0.2) is 0 Å². The van der Waals surface area contributed by atoms with Crippen molar-refractivity contribution in [3.05, 3.63) is 71.3 Å². The molecule has 4 heteroatoms. The average Bonchev–Trinajstić information content (AvgIpc) is 2.68. The van der Waals surface area contributed by atoms with E-state index in [9.17, 15) is 4.79 Å². The smallest absolute Gasteiger partial charge is 0.221 e. The average molecular weight is 351 g/mol. The van der Waals surface area contributed by atoms with Crippen molar-refractivity contribution in [1.82, 2.24) is 15.1 Å². The topological polar surface area (TPSA) is 35.6 Å². The number of nitrogens with one attached hydrogen (secondary N) is 1. The maximum Gasteiger partial charge on any atom is 0.221 e. The van der Waals surface area contributed by atoms with Gasteiger partial charge in [0.05, 0.1) is 0 Å². The zero-order valence-electron chi connectivity index (χ0n) is 15.7. The molecule has 1 saturated heterocycles. The molecule has 0 aromatic heterocycles. The molecule has 1 N–H and O–H groups in total. The summed E-state index contributed by atoms with van der Waals surface area (Å²) in [5.41, 5.74) is 3.77. The van der Waals surface area contributed by atoms with Gasteiger partial charge in [-0.05, 0) is 18.1 Å². The second-order valence-electron chi connectivity index (χ2n) is 7.12. The van der Waals surface area contributed by atoms with Crippen LogP contribution in [0.25, 0.3) is 0 Å². The summed E-state index contributed by atoms with van der Waals surface area (Å²) >= 11 is 0. The van der Waals surface area contributed by atoms with Crippen LogP contribution in [0.2, 0.25) is 0 Å². The van der Waals surface area contributed by atoms with Gasteiger partial charge in [0.2, 0.25) is 5.91 Å². The molecule has 1 aliphatic rings. The molecule has 138 valence electrons. The number of aryl methyl sites for hydroxylation is 1. The molecule has 1 aliphatic heterocycles. The van der Waals surface area contributed by atoms with Crippen LogP contribution < -0.4 is 5.32 Å². The molecule has 0 bridgehead atoms. The third-order valence-electron chi connectivity index (χ3n) is 4.98. The van der Waals surface area contributed by atoms with Gasteiger partial charge in [0.25, 0.3) is 0 Å². The second kappa shape index (κ2) is 9.51. The van der Waals surface area contributed by atoms with Crippen molar-refractivity contribution in [1.29, 1.82) is 0 Å². The summed E-state index contributed by atoms with van der Waals surface area (Å²) in [5.74, 6) is 0.136. The standard InChI is InChI=1S/C22H29N3O/c1-19-7-9-20(10-8-19)17-23-22(26)11-12-24-13-15-25(16-14-24)18-21-5-3-2-4-6-21/h2-10H,11-18H2,1H3,(H,23,26). The van der Waals surface area contributed by atoms with Gasteiger partial charge in [0.1, 0.15) is 0 Å². The fraction of sp³-hybridized carbons (Fsp3) is 0.409. The van der Waals surface area contributed by atoms with Crippen LogP contribution in [0.1, 0.15) is 23.1 Å². The molecule has 1 amide bonds. The molecule has 2 aromatic carbocycles. The first-order valence-electron chi connectivity index (χ1n) is 9.50. The highest BCUT2D eigenvalue weighted by molar-refractivity contribution is 5.76. The van der Waals surface area contributed by atoms with E-state index in [2.05, 4.69) is 76.6 Å². The van der Waals surface area contributed by atoms with E-state index in [-0.39, 0.29) is 5.91 Å². The van der Waals surface area contributed by atoms with Crippen molar-refractivity contribution in [2.24, 2.45) is 0 Å². The summed E-state index contributed by atoms with van der Waals surface area (Å²) in [6, 6.07) is 18.9. The summed E-state index contributed by atoms with van der Waals surface area (Å²) < 4.78 is 0. The first-order valence-corrected chi connectivity index (χ1v) is 9.50. The van der Waals surface area contributed by atoms with Crippen LogP contribution in [-0.4, -0.2) is 48.4 Å². The molecule has 2 aromatic rings. The molecule has 0 radical (unpaired) electrons. The van der Waals surface area contributed by atoms with E-state index in [1.54, 1.807) is 0 Å². The molecular weight excluding hydrogens is 322 g/mol. The molecule has 26 heavy (non-hydrogen) atoms. The highest BCUT2D eigenvalue weighted by Gasteiger charge is 2.17. The maximum atomic E-state index is 12.1. The number of benzene rings is 2. The van der Waals surface area contributed by atoms with Gasteiger partial charge >= 0.3 is 0 Å². The summed E-state index contributed by atoms with van der Waals surface area (Å²) in [6.07, 6.45) is 0.574. The molecule has 1 fully saturated rings. The molecule has 3 rings (SSSR count). The number of hydrogen-bond donors (Lipinski definition) is 1. The highest BCUT2D eigenvalue weighted by atomic mass is 16.1. The van der Waals surface area contributed by atoms with E-state index < -0.39 is 0 Å². The van der Waals surface area contributed by atoms with Gasteiger partial charge in [-0.15, -0.1) is 0 Å². The van der Waals surface area contributed by atoms with Crippen LogP contribution in [0.15, 0.2) is 54.6 Å². The molecule has 4 nitrogen and oxygen atoms in total. The molecule has 1 heterocycles. The zero-order chi connectivity index (χ0) is 18.2. The molecular formula is C22H29N3O. The van der Waals surface area contributed by atoms with Gasteiger partial charge in [-0.2, -0.15) is 0 Å². The van der Waals surface area contributed by atoms with Gasteiger partial charge in [-0.3, -0.25) is 9.69 Å². The third-order valence-corrected chi connectivity index (χ3v) is 4.98. The number of carbonyl (C=O) groups excluding carboxylic acids is 1. The minimum absolute atomic E-state index is 0.136. The Balaban J connectivity index is 1.32. The summed E-state index contributed by atoms with van der Waals surface area (Å²) in [6.45, 7) is 8.77. The van der Waals surface area contributed by atoms with Crippen LogP contribution in [0, 0.1) is 6.92 Å². The van der Waals surface area contributed by atoms with E-state index in [1.807, 2.05) is 0 Å². The predicted octanol–water partition coefficient (Wildman–Crippen LogP) is 2.82. The number of carbonyl (C=O) groups is 1. The summed E-state index contributed by atoms with van der Waals surface area (Å²) in [7, 11) is 0. The second-order valence-corrected chi connectivity index (χ2v) is 7.12. The molecule has 0 atom stereocenters. The third kappa shape index (κ3) is 5.97. The lowest BCUT2D eigenvalue weighted by Gasteiger charge is -2.34. The number of piperazine rings is 1. The van der Waals surface area contributed by atoms with Gasteiger partial charge in [-0.1, -0.05) is 60.2 Å². The Morgan fingerprint density at radius 1 is 0.885 bits per heavy atom. The Hall–Kier alpha value is -2.17. The minimum atomic E-state index is 0.136. The van der Waals surface area contributed by atoms with E-state index >= 15 is 0 Å². The molecule has 0 saturated carbocycles. The maximum absolute atomic E-state index is 12.1. The van der Waals surface area contributed by atoms with Gasteiger partial charge in [0, 0.05) is 52.2 Å². The Bertz CT molecular complexity index is 676. The first-order chi connectivity index (χ1) is 12.7. The van der Waals surface area contributed by atoms with Gasteiger partial charge < -0.3 is 10.2 Å². The number of rotatable bonds is 7. The fourth-order valence-electron chi connectivity index (χ4n) is 3.27. The Morgan fingerprint density at radius 2 is 1.54 bits per heavy atom. The Morgan fingerprint density at radius 3 is 2.23 bits per heavy atom. The summed E-state index contributed by atoms with van der Waals surface area (Å²) in [5, 5.41) is 3.02. The van der Waals surface area contributed by atoms with E-state index in [4.69, 9.17) is 0 Å². The predicted molar refractivity (Wildman–Crippen MR) is 106 cm³/mol. The lowest BCUT2D eigenvalue weighted by atomic mass is 10.1. The molecule has 0 aliphatic carbocycles. The quantitative estimate of drug-likeness (QED) is 0.833.